The SMILES string of the molecule is Fc1cccc(-c2ccccc2)c1N1c2ccccc2B2c3cc(-c4ccccc4)ccc3N3c4ccc(-c5ccccc5)cc4B4c5ccccc5Sc5cc1c2c3c54. The molecule has 0 amide bonds. The Kier molecular flexibility index (Phi) is 7.34. The maximum absolute atomic E-state index is 17.1. The molecule has 4 aliphatic rings. The third kappa shape index (κ3) is 4.80. The predicted octanol–water partition coefficient (Wildman–Crippen LogP) is 10.2. The van der Waals surface area contributed by atoms with Crippen molar-refractivity contribution in [2.75, 3.05) is 9.80 Å². The maximum Gasteiger partial charge on any atom is 0.252 e. The third-order valence-electron chi connectivity index (χ3n) is 13.0. The standard InChI is InChI=1S/C54H33B2FN2S/c57-44-24-14-21-39(36-19-8-3-9-20-36)53(44)59-45-25-12-10-22-40(45)55-42-31-37(34-15-4-1-5-16-34)27-29-46(42)58-47-30-28-38(35-17-6-2-7-18-35)32-43(47)56-41-23-11-13-26-49(41)60-50-33-48(59)51(55)54(58)52(50)56/h1-33H. The van der Waals surface area contributed by atoms with Crippen LogP contribution in [0.25, 0.3) is 33.4 Å². The van der Waals surface area contributed by atoms with Crippen molar-refractivity contribution in [2.24, 2.45) is 0 Å². The fraction of sp³-hybridized carbons (Fsp3) is 0. The summed E-state index contributed by atoms with van der Waals surface area (Å²) >= 11 is 1.84. The topological polar surface area (TPSA) is 6.48 Å². The van der Waals surface area contributed by atoms with E-state index in [1.165, 1.54) is 81.9 Å². The van der Waals surface area contributed by atoms with Crippen LogP contribution >= 0.6 is 11.8 Å². The van der Waals surface area contributed by atoms with Gasteiger partial charge in [-0.1, -0.05) is 181 Å². The van der Waals surface area contributed by atoms with Gasteiger partial charge in [-0.05, 0) is 91.5 Å². The molecule has 9 aromatic rings. The van der Waals surface area contributed by atoms with Gasteiger partial charge in [0.05, 0.1) is 5.69 Å². The van der Waals surface area contributed by atoms with Gasteiger partial charge in [-0.2, -0.15) is 0 Å². The zero-order chi connectivity index (χ0) is 39.5. The Bertz CT molecular complexity index is 3220. The van der Waals surface area contributed by atoms with Gasteiger partial charge in [-0.3, -0.25) is 0 Å². The Labute approximate surface area is 353 Å². The summed E-state index contributed by atoms with van der Waals surface area (Å²) in [6.45, 7) is -0.0833. The molecule has 278 valence electrons. The van der Waals surface area contributed by atoms with Gasteiger partial charge >= 0.3 is 0 Å². The Morgan fingerprint density at radius 3 is 1.55 bits per heavy atom. The highest BCUT2D eigenvalue weighted by atomic mass is 32.2. The first-order chi connectivity index (χ1) is 29.7. The Hall–Kier alpha value is -7.01. The van der Waals surface area contributed by atoms with Crippen LogP contribution in [-0.4, -0.2) is 13.4 Å². The Morgan fingerprint density at radius 2 is 0.883 bits per heavy atom. The van der Waals surface area contributed by atoms with E-state index in [1.807, 2.05) is 36.0 Å². The normalized spacial score (nSPS) is 13.6. The van der Waals surface area contributed by atoms with Crippen LogP contribution in [0.3, 0.4) is 0 Å². The second kappa shape index (κ2) is 13.0. The lowest BCUT2D eigenvalue weighted by Crippen LogP contribution is -2.68. The first-order valence-electron chi connectivity index (χ1n) is 20.6. The number of hydrogen-bond donors (Lipinski definition) is 0. The van der Waals surface area contributed by atoms with Crippen molar-refractivity contribution in [3.8, 4) is 33.4 Å². The molecule has 0 aliphatic carbocycles. The van der Waals surface area contributed by atoms with Gasteiger partial charge in [0.1, 0.15) is 5.82 Å². The zero-order valence-electron chi connectivity index (χ0n) is 32.4. The summed E-state index contributed by atoms with van der Waals surface area (Å²) in [5.41, 5.74) is 20.3. The molecule has 0 N–H and O–H groups in total. The van der Waals surface area contributed by atoms with Crippen LogP contribution in [0.4, 0.5) is 38.5 Å². The molecule has 0 fully saturated rings. The average Bonchev–Trinajstić information content (AvgIpc) is 3.31. The van der Waals surface area contributed by atoms with Crippen LogP contribution in [-0.2, 0) is 0 Å². The van der Waals surface area contributed by atoms with E-state index in [-0.39, 0.29) is 19.2 Å². The lowest BCUT2D eigenvalue weighted by Gasteiger charge is -2.49. The molecule has 0 saturated heterocycles. The van der Waals surface area contributed by atoms with Gasteiger partial charge < -0.3 is 9.80 Å². The minimum Gasteiger partial charge on any atom is -0.312 e. The molecule has 2 nitrogen and oxygen atoms in total. The van der Waals surface area contributed by atoms with Crippen LogP contribution in [0, 0.1) is 5.82 Å². The minimum atomic E-state index is -0.253. The molecule has 0 atom stereocenters. The van der Waals surface area contributed by atoms with Crippen LogP contribution in [0.5, 0.6) is 0 Å². The highest BCUT2D eigenvalue weighted by Crippen LogP contribution is 2.50. The summed E-state index contributed by atoms with van der Waals surface area (Å²) in [5.74, 6) is -0.253. The van der Waals surface area contributed by atoms with Gasteiger partial charge in [0.25, 0.3) is 6.71 Å². The van der Waals surface area contributed by atoms with Crippen molar-refractivity contribution in [3.63, 3.8) is 0 Å². The molecule has 0 unspecified atom stereocenters. The lowest BCUT2D eigenvalue weighted by molar-refractivity contribution is 0.629. The molecule has 0 aromatic heterocycles. The van der Waals surface area contributed by atoms with Gasteiger partial charge in [-0.15, -0.1) is 0 Å². The summed E-state index contributed by atoms with van der Waals surface area (Å²) in [6, 6.07) is 71.3. The molecule has 13 rings (SSSR count). The summed E-state index contributed by atoms with van der Waals surface area (Å²) in [4.78, 5) is 7.26. The van der Waals surface area contributed by atoms with E-state index in [0.29, 0.717) is 5.69 Å². The predicted molar refractivity (Wildman–Crippen MR) is 252 cm³/mol. The van der Waals surface area contributed by atoms with Crippen molar-refractivity contribution in [3.05, 3.63) is 206 Å². The van der Waals surface area contributed by atoms with Crippen molar-refractivity contribution < 1.29 is 4.39 Å². The van der Waals surface area contributed by atoms with Gasteiger partial charge in [0.2, 0.25) is 6.71 Å². The van der Waals surface area contributed by atoms with Crippen molar-refractivity contribution in [1.29, 1.82) is 0 Å². The van der Waals surface area contributed by atoms with Crippen molar-refractivity contribution in [1.82, 2.24) is 0 Å². The summed E-state index contributed by atoms with van der Waals surface area (Å²) in [5, 5.41) is 0. The largest absolute Gasteiger partial charge is 0.312 e. The molecule has 9 aromatic carbocycles. The van der Waals surface area contributed by atoms with E-state index in [2.05, 4.69) is 180 Å². The zero-order valence-corrected chi connectivity index (χ0v) is 33.2. The van der Waals surface area contributed by atoms with Crippen LogP contribution < -0.4 is 42.6 Å². The molecular formula is C54H33B2FN2S. The molecule has 0 bridgehead atoms. The number of para-hydroxylation sites is 2. The molecule has 4 heterocycles. The van der Waals surface area contributed by atoms with Crippen molar-refractivity contribution in [2.45, 2.75) is 9.79 Å². The van der Waals surface area contributed by atoms with E-state index >= 15 is 4.39 Å². The molecule has 60 heavy (non-hydrogen) atoms. The second-order valence-corrected chi connectivity index (χ2v) is 17.2. The number of hydrogen-bond acceptors (Lipinski definition) is 3. The Morgan fingerprint density at radius 1 is 0.350 bits per heavy atom. The number of nitrogens with zero attached hydrogens (tertiary/aromatic N) is 2. The highest BCUT2D eigenvalue weighted by molar-refractivity contribution is 8.00. The van der Waals surface area contributed by atoms with E-state index < -0.39 is 0 Å². The highest BCUT2D eigenvalue weighted by Gasteiger charge is 2.51. The smallest absolute Gasteiger partial charge is 0.252 e. The first-order valence-corrected chi connectivity index (χ1v) is 21.4. The fourth-order valence-corrected chi connectivity index (χ4v) is 11.7. The van der Waals surface area contributed by atoms with Gasteiger partial charge in [-0.25, -0.2) is 4.39 Å². The molecule has 6 heteroatoms. The number of fused-ring (bicyclic) bond motifs is 10. The van der Waals surface area contributed by atoms with Crippen molar-refractivity contribution >= 4 is 92.1 Å². The van der Waals surface area contributed by atoms with E-state index in [0.717, 1.165) is 22.5 Å². The monoisotopic (exact) mass is 782 g/mol. The van der Waals surface area contributed by atoms with E-state index in [4.69, 9.17) is 0 Å². The summed E-state index contributed by atoms with van der Waals surface area (Å²) < 4.78 is 17.1. The third-order valence-corrected chi connectivity index (χ3v) is 14.1. The number of halogens is 1. The lowest BCUT2D eigenvalue weighted by atomic mass is 9.29. The number of benzene rings is 9. The van der Waals surface area contributed by atoms with Gasteiger partial charge in [0, 0.05) is 43.8 Å². The van der Waals surface area contributed by atoms with E-state index in [9.17, 15) is 0 Å². The summed E-state index contributed by atoms with van der Waals surface area (Å²) in [6.07, 6.45) is 0. The van der Waals surface area contributed by atoms with Crippen LogP contribution in [0.1, 0.15) is 0 Å². The molecule has 0 radical (unpaired) electrons. The van der Waals surface area contributed by atoms with Crippen LogP contribution in [0.2, 0.25) is 0 Å². The number of anilines is 6. The first kappa shape index (κ1) is 33.9. The quantitative estimate of drug-likeness (QED) is 0.164. The molecular weight excluding hydrogens is 749 g/mol. The molecule has 4 aliphatic heterocycles. The molecule has 0 saturated carbocycles. The maximum atomic E-state index is 17.1. The van der Waals surface area contributed by atoms with E-state index in [1.54, 1.807) is 6.07 Å². The number of rotatable bonds is 4. The molecule has 0 spiro atoms. The van der Waals surface area contributed by atoms with Gasteiger partial charge in [0.15, 0.2) is 0 Å². The second-order valence-electron chi connectivity index (χ2n) is 16.1. The van der Waals surface area contributed by atoms with Crippen LogP contribution in [0.15, 0.2) is 210 Å². The minimum absolute atomic E-state index is 0.0115. The fourth-order valence-electron chi connectivity index (χ4n) is 10.5. The Balaban J connectivity index is 1.17. The summed E-state index contributed by atoms with van der Waals surface area (Å²) in [7, 11) is 0. The average molecular weight is 783 g/mol.